The molecule has 0 fully saturated rings. The van der Waals surface area contributed by atoms with Gasteiger partial charge in [-0.15, -0.1) is 0 Å². The summed E-state index contributed by atoms with van der Waals surface area (Å²) < 4.78 is 28.3. The van der Waals surface area contributed by atoms with Crippen molar-refractivity contribution < 1.29 is 38.4 Å². The van der Waals surface area contributed by atoms with E-state index in [-0.39, 0.29) is 24.4 Å². The lowest BCUT2D eigenvalue weighted by Crippen LogP contribution is -2.05. The van der Waals surface area contributed by atoms with Crippen LogP contribution < -0.4 is 23.7 Å². The molecule has 0 saturated carbocycles. The predicted molar refractivity (Wildman–Crippen MR) is 279 cm³/mol. The van der Waals surface area contributed by atoms with Crippen molar-refractivity contribution in [1.82, 2.24) is 29.9 Å². The first-order chi connectivity index (χ1) is 34.8. The maximum atomic E-state index is 13.2. The maximum Gasteiger partial charge on any atom is 0.181 e. The molecule has 0 spiro atoms. The van der Waals surface area contributed by atoms with Crippen LogP contribution in [0, 0.1) is 13.8 Å². The van der Waals surface area contributed by atoms with E-state index in [2.05, 4.69) is 23.2 Å². The Morgan fingerprint density at radius 2 is 1.06 bits per heavy atom. The van der Waals surface area contributed by atoms with Gasteiger partial charge in [0.05, 0.1) is 59.6 Å². The molecule has 368 valence electrons. The summed E-state index contributed by atoms with van der Waals surface area (Å²) in [6.07, 6.45) is 0.624. The van der Waals surface area contributed by atoms with Crippen LogP contribution >= 0.6 is 0 Å². The molecule has 4 heterocycles. The minimum Gasteiger partial charge on any atom is -0.497 e. The first kappa shape index (κ1) is 50.0. The number of Topliss-reactive ketones (excluding diaryl/α,β-unsaturated/α-hetero) is 2. The van der Waals surface area contributed by atoms with Gasteiger partial charge in [0.25, 0.3) is 0 Å². The molecule has 0 aliphatic heterocycles. The smallest absolute Gasteiger partial charge is 0.181 e. The van der Waals surface area contributed by atoms with Crippen molar-refractivity contribution in [2.75, 3.05) is 35.5 Å². The quantitative estimate of drug-likeness (QED) is 0.0828. The fraction of sp³-hybridized carbons (Fsp3) is 0.241. The second kappa shape index (κ2) is 22.2. The Kier molecular flexibility index (Phi) is 15.4. The second-order valence-corrected chi connectivity index (χ2v) is 17.5. The average molecular weight is 967 g/mol. The molecule has 14 heteroatoms. The molecule has 14 nitrogen and oxygen atoms in total. The number of hydrogen-bond donors (Lipinski definition) is 2. The number of aromatic amines is 1. The van der Waals surface area contributed by atoms with Crippen LogP contribution in [0.1, 0.15) is 79.9 Å². The van der Waals surface area contributed by atoms with Crippen LogP contribution in [0.2, 0.25) is 0 Å². The van der Waals surface area contributed by atoms with E-state index in [1.54, 1.807) is 78.9 Å². The lowest BCUT2D eigenvalue weighted by atomic mass is 9.97. The number of pyridine rings is 2. The number of aromatic nitrogens is 6. The van der Waals surface area contributed by atoms with Crippen LogP contribution in [0.3, 0.4) is 0 Å². The zero-order chi connectivity index (χ0) is 51.1. The van der Waals surface area contributed by atoms with Gasteiger partial charge in [0, 0.05) is 63.7 Å². The van der Waals surface area contributed by atoms with Crippen LogP contribution in [0.15, 0.2) is 121 Å². The van der Waals surface area contributed by atoms with Crippen LogP contribution in [-0.4, -0.2) is 82.2 Å². The lowest BCUT2D eigenvalue weighted by Gasteiger charge is -2.11. The summed E-state index contributed by atoms with van der Waals surface area (Å²) in [4.78, 5) is 35.9. The SMILES string of the molecule is CCc1[nH]nc2nc(-c3cc(CC(=O)c4cc(OC)cc(OC)c4)ccc3C)ccc12.COc1ccc(Cn2nc(C(C)O)c3ccc(-c4cc(CC(=O)c5cc(OC)cc(OC)c5)ccc4C)nc32)cc1. The number of fused-ring (bicyclic) bond motifs is 2. The number of aliphatic hydroxyl groups excluding tert-OH is 1. The third-order valence-corrected chi connectivity index (χ3v) is 12.6. The minimum absolute atomic E-state index is 0.00435. The van der Waals surface area contributed by atoms with Crippen molar-refractivity contribution in [2.45, 2.75) is 59.6 Å². The normalized spacial score (nSPS) is 11.5. The third-order valence-electron chi connectivity index (χ3n) is 12.6. The number of ether oxygens (including phenoxy) is 5. The van der Waals surface area contributed by atoms with Crippen LogP contribution in [0.4, 0.5) is 0 Å². The number of H-pyrrole nitrogens is 1. The molecule has 9 rings (SSSR count). The highest BCUT2D eigenvalue weighted by Crippen LogP contribution is 2.32. The van der Waals surface area contributed by atoms with E-state index in [1.165, 1.54) is 0 Å². The van der Waals surface area contributed by atoms with Gasteiger partial charge in [-0.05, 0) is 128 Å². The van der Waals surface area contributed by atoms with Gasteiger partial charge < -0.3 is 28.8 Å². The second-order valence-electron chi connectivity index (χ2n) is 17.5. The minimum atomic E-state index is -0.742. The average Bonchev–Trinajstić information content (AvgIpc) is 4.00. The number of hydrogen-bond acceptors (Lipinski definition) is 12. The highest BCUT2D eigenvalue weighted by molar-refractivity contribution is 5.99. The molecule has 5 aromatic carbocycles. The van der Waals surface area contributed by atoms with E-state index in [4.69, 9.17) is 38.8 Å². The lowest BCUT2D eigenvalue weighted by molar-refractivity contribution is 0.0984. The number of benzene rings is 5. The van der Waals surface area contributed by atoms with Crippen LogP contribution in [0.5, 0.6) is 28.7 Å². The number of carbonyl (C=O) groups is 2. The van der Waals surface area contributed by atoms with Gasteiger partial charge in [-0.25, -0.2) is 14.6 Å². The summed E-state index contributed by atoms with van der Waals surface area (Å²) in [5.74, 6) is 3.05. The van der Waals surface area contributed by atoms with Gasteiger partial charge in [-0.2, -0.15) is 10.2 Å². The monoisotopic (exact) mass is 966 g/mol. The molecule has 9 aromatic rings. The molecule has 0 bridgehead atoms. The Labute approximate surface area is 418 Å². The molecule has 1 atom stereocenters. The standard InChI is InChI=1S/C33H33N3O5.C25H25N3O3/c1-20-6-7-23(15-31(38)24-16-26(40-4)18-27(17-24)41-5)14-29(20)30-13-12-28-32(21(2)37)35-36(33(28)34-30)19-22-8-10-25(39-3)11-9-22;1-5-22-20-8-9-23(26-25(20)28-27-22)21-10-16(7-6-15(21)2)11-24(29)17-12-18(30-3)14-19(13-17)31-4/h6-14,16-18,21,37H,15,19H2,1-5H3;6-10,12-14H,5,11H2,1-4H3,(H,26,27,28). The number of rotatable bonds is 17. The number of nitrogens with one attached hydrogen (secondary N) is 1. The molecule has 0 aliphatic rings. The Hall–Kier alpha value is -8.36. The van der Waals surface area contributed by atoms with Gasteiger partial charge in [0.1, 0.15) is 34.4 Å². The Bertz CT molecular complexity index is 3370. The van der Waals surface area contributed by atoms with Crippen molar-refractivity contribution >= 4 is 33.6 Å². The van der Waals surface area contributed by atoms with Gasteiger partial charge in [0.15, 0.2) is 22.9 Å². The summed E-state index contributed by atoms with van der Waals surface area (Å²) in [6, 6.07) is 38.2. The number of ketones is 2. The zero-order valence-corrected chi connectivity index (χ0v) is 42.0. The third kappa shape index (κ3) is 11.1. The number of aliphatic hydroxyl groups is 1. The molecular formula is C58H58N6O8. The zero-order valence-electron chi connectivity index (χ0n) is 42.0. The van der Waals surface area contributed by atoms with Gasteiger partial charge >= 0.3 is 0 Å². The number of methoxy groups -OCH3 is 5. The topological polar surface area (TPSA) is 173 Å². The Balaban J connectivity index is 0.000000200. The molecule has 0 aliphatic carbocycles. The summed E-state index contributed by atoms with van der Waals surface area (Å²) >= 11 is 0. The molecule has 2 N–H and O–H groups in total. The van der Waals surface area contributed by atoms with Crippen LogP contribution in [-0.2, 0) is 25.8 Å². The van der Waals surface area contributed by atoms with Crippen molar-refractivity contribution in [3.63, 3.8) is 0 Å². The molecular weight excluding hydrogens is 909 g/mol. The van der Waals surface area contributed by atoms with Crippen molar-refractivity contribution in [3.05, 3.63) is 172 Å². The van der Waals surface area contributed by atoms with Crippen molar-refractivity contribution in [1.29, 1.82) is 0 Å². The highest BCUT2D eigenvalue weighted by Gasteiger charge is 2.20. The van der Waals surface area contributed by atoms with Gasteiger partial charge in [-0.3, -0.25) is 14.7 Å². The molecule has 0 saturated heterocycles. The van der Waals surface area contributed by atoms with Gasteiger partial charge in [-0.1, -0.05) is 43.3 Å². The molecule has 4 aromatic heterocycles. The summed E-state index contributed by atoms with van der Waals surface area (Å²) in [5.41, 5.74) is 12.6. The molecule has 0 amide bonds. The summed E-state index contributed by atoms with van der Waals surface area (Å²) in [6.45, 7) is 8.35. The van der Waals surface area contributed by atoms with E-state index >= 15 is 0 Å². The molecule has 72 heavy (non-hydrogen) atoms. The molecule has 0 radical (unpaired) electrons. The van der Waals surface area contributed by atoms with Crippen LogP contribution in [0.25, 0.3) is 44.6 Å². The largest absolute Gasteiger partial charge is 0.497 e. The van der Waals surface area contributed by atoms with E-state index in [9.17, 15) is 14.7 Å². The fourth-order valence-corrected chi connectivity index (χ4v) is 8.54. The van der Waals surface area contributed by atoms with E-state index in [0.29, 0.717) is 57.7 Å². The Morgan fingerprint density at radius 1 is 0.583 bits per heavy atom. The predicted octanol–water partition coefficient (Wildman–Crippen LogP) is 10.9. The highest BCUT2D eigenvalue weighted by atomic mass is 16.5. The summed E-state index contributed by atoms with van der Waals surface area (Å²) in [7, 11) is 7.90. The van der Waals surface area contributed by atoms with Crippen molar-refractivity contribution in [3.8, 4) is 51.3 Å². The van der Waals surface area contributed by atoms with E-state index in [1.807, 2.05) is 97.4 Å². The number of nitrogens with zero attached hydrogens (tertiary/aromatic N) is 5. The van der Waals surface area contributed by atoms with E-state index < -0.39 is 6.10 Å². The number of carbonyl (C=O) groups excluding carboxylic acids is 2. The number of aryl methyl sites for hydroxylation is 3. The summed E-state index contributed by atoms with van der Waals surface area (Å²) in [5, 5.41) is 24.4. The van der Waals surface area contributed by atoms with Gasteiger partial charge in [0.2, 0.25) is 0 Å². The van der Waals surface area contributed by atoms with E-state index in [0.717, 1.165) is 79.0 Å². The Morgan fingerprint density at radius 3 is 1.53 bits per heavy atom. The van der Waals surface area contributed by atoms with Crippen molar-refractivity contribution in [2.24, 2.45) is 0 Å². The first-order valence-corrected chi connectivity index (χ1v) is 23.6. The molecule has 1 unspecified atom stereocenters. The fourth-order valence-electron chi connectivity index (χ4n) is 8.54. The maximum absolute atomic E-state index is 13.2. The first-order valence-electron chi connectivity index (χ1n) is 23.6.